The summed E-state index contributed by atoms with van der Waals surface area (Å²) in [6.07, 6.45) is 0.280. The SMILES string of the molecule is CCN(CCC(=O)OC)C(C)C(N)=O. The summed E-state index contributed by atoms with van der Waals surface area (Å²) < 4.78 is 4.50. The average molecular weight is 202 g/mol. The van der Waals surface area contributed by atoms with E-state index in [-0.39, 0.29) is 24.3 Å². The van der Waals surface area contributed by atoms with Crippen molar-refractivity contribution in [2.45, 2.75) is 26.3 Å². The predicted octanol–water partition coefficient (Wildman–Crippen LogP) is -0.255. The van der Waals surface area contributed by atoms with Crippen LogP contribution in [-0.4, -0.2) is 43.0 Å². The predicted molar refractivity (Wildman–Crippen MR) is 52.5 cm³/mol. The van der Waals surface area contributed by atoms with Gasteiger partial charge in [0.2, 0.25) is 5.91 Å². The Morgan fingerprint density at radius 3 is 2.43 bits per heavy atom. The minimum Gasteiger partial charge on any atom is -0.469 e. The number of rotatable bonds is 6. The molecule has 0 saturated heterocycles. The molecule has 0 rings (SSSR count). The van der Waals surface area contributed by atoms with Crippen LogP contribution in [-0.2, 0) is 14.3 Å². The molecule has 0 aromatic rings. The lowest BCUT2D eigenvalue weighted by Crippen LogP contribution is -2.43. The molecule has 0 fully saturated rings. The zero-order valence-corrected chi connectivity index (χ0v) is 8.95. The largest absolute Gasteiger partial charge is 0.469 e. The molecule has 14 heavy (non-hydrogen) atoms. The number of likely N-dealkylation sites (N-methyl/N-ethyl adjacent to an activating group) is 1. The van der Waals surface area contributed by atoms with Crippen LogP contribution in [0.15, 0.2) is 0 Å². The Morgan fingerprint density at radius 2 is 2.07 bits per heavy atom. The lowest BCUT2D eigenvalue weighted by Gasteiger charge is -2.24. The number of ether oxygens (including phenoxy) is 1. The molecule has 82 valence electrons. The van der Waals surface area contributed by atoms with Crippen molar-refractivity contribution in [3.63, 3.8) is 0 Å². The van der Waals surface area contributed by atoms with E-state index in [0.29, 0.717) is 13.1 Å². The van der Waals surface area contributed by atoms with Crippen LogP contribution in [0.5, 0.6) is 0 Å². The molecule has 0 saturated carbocycles. The van der Waals surface area contributed by atoms with Crippen LogP contribution < -0.4 is 5.73 Å². The summed E-state index contributed by atoms with van der Waals surface area (Å²) in [5.41, 5.74) is 5.15. The molecule has 0 aliphatic rings. The normalized spacial score (nSPS) is 12.6. The van der Waals surface area contributed by atoms with Crippen molar-refractivity contribution in [3.05, 3.63) is 0 Å². The Hall–Kier alpha value is -1.10. The smallest absolute Gasteiger partial charge is 0.306 e. The van der Waals surface area contributed by atoms with E-state index in [1.54, 1.807) is 6.92 Å². The minimum absolute atomic E-state index is 0.278. The summed E-state index contributed by atoms with van der Waals surface area (Å²) in [6.45, 7) is 4.81. The fourth-order valence-electron chi connectivity index (χ4n) is 1.14. The van der Waals surface area contributed by atoms with Gasteiger partial charge in [0.1, 0.15) is 0 Å². The number of amides is 1. The van der Waals surface area contributed by atoms with Crippen LogP contribution in [0.25, 0.3) is 0 Å². The van der Waals surface area contributed by atoms with Gasteiger partial charge in [-0.1, -0.05) is 6.92 Å². The Kier molecular flexibility index (Phi) is 5.87. The van der Waals surface area contributed by atoms with Crippen molar-refractivity contribution in [1.82, 2.24) is 4.90 Å². The fraction of sp³-hybridized carbons (Fsp3) is 0.778. The molecule has 2 N–H and O–H groups in total. The molecule has 0 aromatic heterocycles. The number of carbonyl (C=O) groups is 2. The van der Waals surface area contributed by atoms with E-state index < -0.39 is 0 Å². The maximum Gasteiger partial charge on any atom is 0.306 e. The summed E-state index contributed by atoms with van der Waals surface area (Å²) in [7, 11) is 1.34. The molecular weight excluding hydrogens is 184 g/mol. The second-order valence-corrected chi connectivity index (χ2v) is 3.03. The van der Waals surface area contributed by atoms with E-state index >= 15 is 0 Å². The molecule has 1 amide bonds. The number of nitrogens with zero attached hydrogens (tertiary/aromatic N) is 1. The molecule has 1 unspecified atom stereocenters. The number of methoxy groups -OCH3 is 1. The Labute approximate surface area is 84.2 Å². The monoisotopic (exact) mass is 202 g/mol. The summed E-state index contributed by atoms with van der Waals surface area (Å²) in [4.78, 5) is 23.6. The highest BCUT2D eigenvalue weighted by Gasteiger charge is 2.17. The van der Waals surface area contributed by atoms with Gasteiger partial charge >= 0.3 is 5.97 Å². The van der Waals surface area contributed by atoms with Crippen LogP contribution in [0, 0.1) is 0 Å². The lowest BCUT2D eigenvalue weighted by molar-refractivity contribution is -0.141. The number of carbonyl (C=O) groups excluding carboxylic acids is 2. The first kappa shape index (κ1) is 12.9. The number of hydrogen-bond acceptors (Lipinski definition) is 4. The molecule has 5 heteroatoms. The number of primary amides is 1. The fourth-order valence-corrected chi connectivity index (χ4v) is 1.14. The van der Waals surface area contributed by atoms with E-state index in [2.05, 4.69) is 4.74 Å². The quantitative estimate of drug-likeness (QED) is 0.602. The molecule has 0 heterocycles. The molecule has 0 radical (unpaired) electrons. The highest BCUT2D eigenvalue weighted by molar-refractivity contribution is 5.79. The van der Waals surface area contributed by atoms with Crippen molar-refractivity contribution < 1.29 is 14.3 Å². The maximum absolute atomic E-state index is 10.9. The van der Waals surface area contributed by atoms with Crippen molar-refractivity contribution in [3.8, 4) is 0 Å². The number of nitrogens with two attached hydrogens (primary N) is 1. The summed E-state index contributed by atoms with van der Waals surface area (Å²) in [6, 6.07) is -0.343. The Balaban J connectivity index is 4.02. The molecule has 0 aromatic carbocycles. The first-order valence-corrected chi connectivity index (χ1v) is 4.63. The van der Waals surface area contributed by atoms with Crippen LogP contribution in [0.2, 0.25) is 0 Å². The first-order valence-electron chi connectivity index (χ1n) is 4.63. The van der Waals surface area contributed by atoms with Gasteiger partial charge in [0.15, 0.2) is 0 Å². The van der Waals surface area contributed by atoms with Gasteiger partial charge in [0.05, 0.1) is 19.6 Å². The van der Waals surface area contributed by atoms with Gasteiger partial charge < -0.3 is 10.5 Å². The second kappa shape index (κ2) is 6.37. The lowest BCUT2D eigenvalue weighted by atomic mass is 10.2. The molecule has 0 bridgehead atoms. The molecule has 0 aliphatic heterocycles. The van der Waals surface area contributed by atoms with Crippen molar-refractivity contribution in [1.29, 1.82) is 0 Å². The molecule has 5 nitrogen and oxygen atoms in total. The van der Waals surface area contributed by atoms with E-state index in [0.717, 1.165) is 0 Å². The second-order valence-electron chi connectivity index (χ2n) is 3.03. The third-order valence-corrected chi connectivity index (χ3v) is 2.20. The van der Waals surface area contributed by atoms with Gasteiger partial charge in [-0.25, -0.2) is 0 Å². The van der Waals surface area contributed by atoms with Crippen LogP contribution in [0.4, 0.5) is 0 Å². The third-order valence-electron chi connectivity index (χ3n) is 2.20. The van der Waals surface area contributed by atoms with E-state index in [4.69, 9.17) is 5.73 Å². The molecule has 0 aliphatic carbocycles. The minimum atomic E-state index is -0.378. The standard InChI is InChI=1S/C9H18N2O3/c1-4-11(7(2)9(10)13)6-5-8(12)14-3/h7H,4-6H2,1-3H3,(H2,10,13). The topological polar surface area (TPSA) is 72.6 Å². The molecule has 0 spiro atoms. The zero-order chi connectivity index (χ0) is 11.1. The average Bonchev–Trinajstić information content (AvgIpc) is 2.17. The summed E-state index contributed by atoms with van der Waals surface area (Å²) in [5, 5.41) is 0. The highest BCUT2D eigenvalue weighted by atomic mass is 16.5. The van der Waals surface area contributed by atoms with Gasteiger partial charge in [-0.05, 0) is 13.5 Å². The van der Waals surface area contributed by atoms with Crippen LogP contribution >= 0.6 is 0 Å². The van der Waals surface area contributed by atoms with Crippen molar-refractivity contribution in [2.24, 2.45) is 5.73 Å². The Morgan fingerprint density at radius 1 is 1.50 bits per heavy atom. The van der Waals surface area contributed by atoms with E-state index in [1.165, 1.54) is 7.11 Å². The molecular formula is C9H18N2O3. The van der Waals surface area contributed by atoms with Crippen molar-refractivity contribution in [2.75, 3.05) is 20.2 Å². The highest BCUT2D eigenvalue weighted by Crippen LogP contribution is 2.00. The number of hydrogen-bond donors (Lipinski definition) is 1. The van der Waals surface area contributed by atoms with Crippen LogP contribution in [0.1, 0.15) is 20.3 Å². The number of esters is 1. The summed E-state index contributed by atoms with van der Waals surface area (Å²) in [5.74, 6) is -0.656. The van der Waals surface area contributed by atoms with Gasteiger partial charge in [-0.2, -0.15) is 0 Å². The Bertz CT molecular complexity index is 206. The van der Waals surface area contributed by atoms with Gasteiger partial charge in [0, 0.05) is 6.54 Å². The third kappa shape index (κ3) is 4.23. The van der Waals surface area contributed by atoms with Gasteiger partial charge in [0.25, 0.3) is 0 Å². The van der Waals surface area contributed by atoms with Crippen molar-refractivity contribution >= 4 is 11.9 Å². The first-order chi connectivity index (χ1) is 6.52. The van der Waals surface area contributed by atoms with E-state index in [9.17, 15) is 9.59 Å². The molecule has 1 atom stereocenters. The van der Waals surface area contributed by atoms with Gasteiger partial charge in [-0.15, -0.1) is 0 Å². The van der Waals surface area contributed by atoms with Gasteiger partial charge in [-0.3, -0.25) is 14.5 Å². The zero-order valence-electron chi connectivity index (χ0n) is 8.95. The summed E-state index contributed by atoms with van der Waals surface area (Å²) >= 11 is 0. The maximum atomic E-state index is 10.9. The van der Waals surface area contributed by atoms with E-state index in [1.807, 2.05) is 11.8 Å². The van der Waals surface area contributed by atoms with Crippen LogP contribution in [0.3, 0.4) is 0 Å².